The molecule has 2 rings (SSSR count). The number of benzene rings is 1. The number of rotatable bonds is 2. The van der Waals surface area contributed by atoms with Gasteiger partial charge in [0.25, 0.3) is 5.91 Å². The Bertz CT molecular complexity index is 640. The first-order chi connectivity index (χ1) is 8.90. The standard InChI is InChI=1S/C12H10Cl2FN3O/c1-18(2)12(19)11-5-10(16-17-11)6-3-9(15)8(14)4-7(6)13/h3-5H,1-2H3,(H,16,17). The summed E-state index contributed by atoms with van der Waals surface area (Å²) in [7, 11) is 3.25. The number of hydrogen-bond donors (Lipinski definition) is 1. The van der Waals surface area contributed by atoms with Crippen LogP contribution in [0.5, 0.6) is 0 Å². The van der Waals surface area contributed by atoms with Crippen molar-refractivity contribution in [2.75, 3.05) is 14.1 Å². The number of amides is 1. The van der Waals surface area contributed by atoms with Crippen molar-refractivity contribution in [1.82, 2.24) is 15.1 Å². The summed E-state index contributed by atoms with van der Waals surface area (Å²) in [6, 6.07) is 4.00. The van der Waals surface area contributed by atoms with E-state index in [1.54, 1.807) is 14.1 Å². The van der Waals surface area contributed by atoms with E-state index in [0.29, 0.717) is 17.0 Å². The van der Waals surface area contributed by atoms with E-state index in [2.05, 4.69) is 10.2 Å². The maximum absolute atomic E-state index is 13.4. The predicted molar refractivity (Wildman–Crippen MR) is 72.0 cm³/mol. The zero-order chi connectivity index (χ0) is 14.2. The zero-order valence-corrected chi connectivity index (χ0v) is 11.7. The summed E-state index contributed by atoms with van der Waals surface area (Å²) in [4.78, 5) is 13.1. The molecule has 7 heteroatoms. The molecule has 1 aromatic carbocycles. The van der Waals surface area contributed by atoms with Gasteiger partial charge in [0.15, 0.2) is 0 Å². The normalized spacial score (nSPS) is 10.6. The van der Waals surface area contributed by atoms with Crippen LogP contribution >= 0.6 is 23.2 Å². The molecule has 2 aromatic rings. The van der Waals surface area contributed by atoms with Gasteiger partial charge in [-0.1, -0.05) is 23.2 Å². The number of H-pyrrole nitrogens is 1. The zero-order valence-electron chi connectivity index (χ0n) is 10.2. The molecule has 0 fully saturated rings. The number of nitrogens with one attached hydrogen (secondary N) is 1. The third-order valence-electron chi connectivity index (χ3n) is 2.50. The summed E-state index contributed by atoms with van der Waals surface area (Å²) in [5.74, 6) is -0.825. The SMILES string of the molecule is CN(C)C(=O)c1cc(-c2cc(F)c(Cl)cc2Cl)n[nH]1. The molecule has 1 aromatic heterocycles. The molecule has 1 amide bonds. The van der Waals surface area contributed by atoms with Crippen molar-refractivity contribution in [2.45, 2.75) is 0 Å². The minimum atomic E-state index is -0.593. The molecule has 0 saturated heterocycles. The average Bonchev–Trinajstić information content (AvgIpc) is 2.81. The lowest BCUT2D eigenvalue weighted by Crippen LogP contribution is -2.21. The van der Waals surface area contributed by atoms with E-state index in [9.17, 15) is 9.18 Å². The van der Waals surface area contributed by atoms with Gasteiger partial charge in [0.1, 0.15) is 11.5 Å². The number of halogens is 3. The summed E-state index contributed by atoms with van der Waals surface area (Å²) in [5.41, 5.74) is 1.05. The van der Waals surface area contributed by atoms with Crippen molar-refractivity contribution in [3.63, 3.8) is 0 Å². The molecule has 0 unspecified atom stereocenters. The molecule has 0 radical (unpaired) electrons. The van der Waals surface area contributed by atoms with E-state index in [1.807, 2.05) is 0 Å². The Morgan fingerprint density at radius 2 is 1.95 bits per heavy atom. The first-order valence-corrected chi connectivity index (χ1v) is 6.07. The molecule has 100 valence electrons. The molecule has 0 atom stereocenters. The van der Waals surface area contributed by atoms with Gasteiger partial charge >= 0.3 is 0 Å². The summed E-state index contributed by atoms with van der Waals surface area (Å²) in [6.45, 7) is 0. The molecular weight excluding hydrogens is 292 g/mol. The van der Waals surface area contributed by atoms with Crippen molar-refractivity contribution in [1.29, 1.82) is 0 Å². The fourth-order valence-corrected chi connectivity index (χ4v) is 2.01. The van der Waals surface area contributed by atoms with Crippen LogP contribution in [0.1, 0.15) is 10.5 Å². The summed E-state index contributed by atoms with van der Waals surface area (Å²) < 4.78 is 13.4. The molecule has 0 saturated carbocycles. The maximum Gasteiger partial charge on any atom is 0.271 e. The van der Waals surface area contributed by atoms with Gasteiger partial charge in [0, 0.05) is 19.7 Å². The monoisotopic (exact) mass is 301 g/mol. The number of nitrogens with zero attached hydrogens (tertiary/aromatic N) is 2. The molecule has 0 aliphatic rings. The van der Waals surface area contributed by atoms with E-state index < -0.39 is 5.82 Å². The van der Waals surface area contributed by atoms with Crippen LogP contribution in [0.25, 0.3) is 11.3 Å². The predicted octanol–water partition coefficient (Wildman–Crippen LogP) is 3.22. The number of carbonyl (C=O) groups excluding carboxylic acids is 1. The van der Waals surface area contributed by atoms with Gasteiger partial charge in [0.05, 0.1) is 15.7 Å². The van der Waals surface area contributed by atoms with Crippen LogP contribution in [0.4, 0.5) is 4.39 Å². The Balaban J connectivity index is 2.44. The highest BCUT2D eigenvalue weighted by atomic mass is 35.5. The number of carbonyl (C=O) groups is 1. The quantitative estimate of drug-likeness (QED) is 0.866. The van der Waals surface area contributed by atoms with Crippen molar-refractivity contribution in [2.24, 2.45) is 0 Å². The van der Waals surface area contributed by atoms with Crippen molar-refractivity contribution < 1.29 is 9.18 Å². The first kappa shape index (κ1) is 13.8. The third-order valence-corrected chi connectivity index (χ3v) is 3.10. The van der Waals surface area contributed by atoms with E-state index in [4.69, 9.17) is 23.2 Å². The molecule has 0 aliphatic heterocycles. The highest BCUT2D eigenvalue weighted by Gasteiger charge is 2.15. The van der Waals surface area contributed by atoms with E-state index in [1.165, 1.54) is 23.1 Å². The smallest absolute Gasteiger partial charge is 0.271 e. The number of hydrogen-bond acceptors (Lipinski definition) is 2. The van der Waals surface area contributed by atoms with Crippen LogP contribution in [0.3, 0.4) is 0 Å². The van der Waals surface area contributed by atoms with Crippen molar-refractivity contribution in [3.8, 4) is 11.3 Å². The van der Waals surface area contributed by atoms with Crippen LogP contribution in [0.2, 0.25) is 10.0 Å². The molecule has 4 nitrogen and oxygen atoms in total. The third kappa shape index (κ3) is 2.72. The molecular formula is C12H10Cl2FN3O. The van der Waals surface area contributed by atoms with Gasteiger partial charge in [-0.25, -0.2) is 4.39 Å². The minimum Gasteiger partial charge on any atom is -0.343 e. The van der Waals surface area contributed by atoms with Crippen LogP contribution in [0.15, 0.2) is 18.2 Å². The van der Waals surface area contributed by atoms with Gasteiger partial charge in [-0.2, -0.15) is 5.10 Å². The molecule has 0 bridgehead atoms. The van der Waals surface area contributed by atoms with Gasteiger partial charge < -0.3 is 4.90 Å². The fourth-order valence-electron chi connectivity index (χ4n) is 1.53. The van der Waals surface area contributed by atoms with Crippen LogP contribution < -0.4 is 0 Å². The lowest BCUT2D eigenvalue weighted by atomic mass is 10.1. The highest BCUT2D eigenvalue weighted by molar-refractivity contribution is 6.36. The Labute approximate surface area is 119 Å². The maximum atomic E-state index is 13.4. The fraction of sp³-hybridized carbons (Fsp3) is 0.167. The van der Waals surface area contributed by atoms with E-state index >= 15 is 0 Å². The van der Waals surface area contributed by atoms with E-state index in [-0.39, 0.29) is 16.0 Å². The lowest BCUT2D eigenvalue weighted by Gasteiger charge is -2.06. The Hall–Kier alpha value is -1.59. The Morgan fingerprint density at radius 3 is 2.58 bits per heavy atom. The molecule has 0 spiro atoms. The van der Waals surface area contributed by atoms with Crippen LogP contribution in [0, 0.1) is 5.82 Å². The molecule has 1 heterocycles. The second-order valence-corrected chi connectivity index (χ2v) is 4.93. The Kier molecular flexibility index (Phi) is 3.78. The van der Waals surface area contributed by atoms with Gasteiger partial charge in [-0.15, -0.1) is 0 Å². The van der Waals surface area contributed by atoms with E-state index in [0.717, 1.165) is 0 Å². The summed E-state index contributed by atoms with van der Waals surface area (Å²) in [6.07, 6.45) is 0. The van der Waals surface area contributed by atoms with Crippen molar-refractivity contribution >= 4 is 29.1 Å². The summed E-state index contributed by atoms with van der Waals surface area (Å²) >= 11 is 11.6. The molecule has 19 heavy (non-hydrogen) atoms. The number of aromatic amines is 1. The first-order valence-electron chi connectivity index (χ1n) is 5.32. The topological polar surface area (TPSA) is 49.0 Å². The van der Waals surface area contributed by atoms with Crippen LogP contribution in [-0.4, -0.2) is 35.1 Å². The van der Waals surface area contributed by atoms with Gasteiger partial charge in [-0.3, -0.25) is 9.89 Å². The van der Waals surface area contributed by atoms with Gasteiger partial charge in [0.2, 0.25) is 0 Å². The molecule has 0 aliphatic carbocycles. The average molecular weight is 302 g/mol. The summed E-state index contributed by atoms with van der Waals surface area (Å²) in [5, 5.41) is 6.75. The molecule has 1 N–H and O–H groups in total. The number of aromatic nitrogens is 2. The Morgan fingerprint density at radius 1 is 1.26 bits per heavy atom. The lowest BCUT2D eigenvalue weighted by molar-refractivity contribution is 0.0822. The van der Waals surface area contributed by atoms with Crippen molar-refractivity contribution in [3.05, 3.63) is 39.8 Å². The second-order valence-electron chi connectivity index (χ2n) is 4.11. The van der Waals surface area contributed by atoms with Crippen LogP contribution in [-0.2, 0) is 0 Å². The van der Waals surface area contributed by atoms with Gasteiger partial charge in [-0.05, 0) is 18.2 Å². The minimum absolute atomic E-state index is 0.0612. The highest BCUT2D eigenvalue weighted by Crippen LogP contribution is 2.31. The largest absolute Gasteiger partial charge is 0.343 e. The second kappa shape index (κ2) is 5.19.